The van der Waals surface area contributed by atoms with Gasteiger partial charge < -0.3 is 5.32 Å². The molecule has 104 valence electrons. The first-order valence-corrected chi connectivity index (χ1v) is 6.15. The standard InChI is InChI=1S/C13H10ClF2N3O/c14-12-4-3-11(18-19-12)13(20)17-6-5-8-1-2-9(15)7-10(8)16/h1-4,7H,5-6H2,(H,17,20). The number of nitrogens with zero attached hydrogens (tertiary/aromatic N) is 2. The van der Waals surface area contributed by atoms with Gasteiger partial charge in [-0.25, -0.2) is 8.78 Å². The summed E-state index contributed by atoms with van der Waals surface area (Å²) in [6.45, 7) is 0.200. The number of amides is 1. The summed E-state index contributed by atoms with van der Waals surface area (Å²) in [5, 5.41) is 9.91. The Morgan fingerprint density at radius 2 is 2.00 bits per heavy atom. The summed E-state index contributed by atoms with van der Waals surface area (Å²) in [5.41, 5.74) is 0.447. The fourth-order valence-electron chi connectivity index (χ4n) is 1.56. The maximum Gasteiger partial charge on any atom is 0.271 e. The molecule has 0 saturated carbocycles. The lowest BCUT2D eigenvalue weighted by Crippen LogP contribution is -2.27. The van der Waals surface area contributed by atoms with Crippen molar-refractivity contribution in [2.45, 2.75) is 6.42 Å². The van der Waals surface area contributed by atoms with Gasteiger partial charge in [0.1, 0.15) is 11.6 Å². The molecule has 1 amide bonds. The second-order valence-corrected chi connectivity index (χ2v) is 4.37. The van der Waals surface area contributed by atoms with Crippen molar-refractivity contribution in [3.8, 4) is 0 Å². The van der Waals surface area contributed by atoms with Gasteiger partial charge in [-0.15, -0.1) is 10.2 Å². The molecule has 0 fully saturated rings. The van der Waals surface area contributed by atoms with Crippen LogP contribution in [0.3, 0.4) is 0 Å². The number of halogens is 3. The van der Waals surface area contributed by atoms with Gasteiger partial charge in [-0.3, -0.25) is 4.79 Å². The first-order valence-electron chi connectivity index (χ1n) is 5.77. The molecule has 2 aromatic rings. The lowest BCUT2D eigenvalue weighted by Gasteiger charge is -2.05. The quantitative estimate of drug-likeness (QED) is 0.942. The molecule has 0 unspecified atom stereocenters. The first-order chi connectivity index (χ1) is 9.56. The van der Waals surface area contributed by atoms with Crippen LogP contribution in [0.4, 0.5) is 8.78 Å². The van der Waals surface area contributed by atoms with Gasteiger partial charge in [0.05, 0.1) is 0 Å². The van der Waals surface area contributed by atoms with Gasteiger partial charge in [0.15, 0.2) is 10.8 Å². The third-order valence-corrected chi connectivity index (χ3v) is 2.76. The highest BCUT2D eigenvalue weighted by atomic mass is 35.5. The van der Waals surface area contributed by atoms with E-state index in [1.807, 2.05) is 0 Å². The van der Waals surface area contributed by atoms with Gasteiger partial charge in [-0.05, 0) is 30.2 Å². The number of nitrogens with one attached hydrogen (secondary N) is 1. The van der Waals surface area contributed by atoms with E-state index in [4.69, 9.17) is 11.6 Å². The van der Waals surface area contributed by atoms with Gasteiger partial charge in [0.2, 0.25) is 0 Å². The molecule has 7 heteroatoms. The Balaban J connectivity index is 1.89. The normalized spacial score (nSPS) is 10.3. The average Bonchev–Trinajstić information content (AvgIpc) is 2.42. The zero-order valence-electron chi connectivity index (χ0n) is 10.2. The Hall–Kier alpha value is -2.08. The van der Waals surface area contributed by atoms with E-state index in [2.05, 4.69) is 15.5 Å². The predicted octanol–water partition coefficient (Wildman–Crippen LogP) is 2.38. The third kappa shape index (κ3) is 3.71. The van der Waals surface area contributed by atoms with Crippen LogP contribution < -0.4 is 5.32 Å². The average molecular weight is 298 g/mol. The Kier molecular flexibility index (Phi) is 4.57. The van der Waals surface area contributed by atoms with Crippen molar-refractivity contribution in [2.75, 3.05) is 6.54 Å². The van der Waals surface area contributed by atoms with Gasteiger partial charge >= 0.3 is 0 Å². The highest BCUT2D eigenvalue weighted by Gasteiger charge is 2.08. The van der Waals surface area contributed by atoms with Crippen molar-refractivity contribution >= 4 is 17.5 Å². The van der Waals surface area contributed by atoms with Crippen LogP contribution in [0.1, 0.15) is 16.1 Å². The summed E-state index contributed by atoms with van der Waals surface area (Å²) < 4.78 is 26.1. The highest BCUT2D eigenvalue weighted by Crippen LogP contribution is 2.09. The summed E-state index contributed by atoms with van der Waals surface area (Å²) in [4.78, 5) is 11.7. The Morgan fingerprint density at radius 3 is 2.65 bits per heavy atom. The van der Waals surface area contributed by atoms with Crippen LogP contribution in [-0.2, 0) is 6.42 Å². The van der Waals surface area contributed by atoms with Crippen molar-refractivity contribution in [1.29, 1.82) is 0 Å². The number of rotatable bonds is 4. The van der Waals surface area contributed by atoms with E-state index < -0.39 is 17.5 Å². The van der Waals surface area contributed by atoms with Crippen molar-refractivity contribution in [3.63, 3.8) is 0 Å². The molecule has 20 heavy (non-hydrogen) atoms. The molecule has 0 aliphatic heterocycles. The molecule has 2 rings (SSSR count). The largest absolute Gasteiger partial charge is 0.350 e. The van der Waals surface area contributed by atoms with Gasteiger partial charge in [0.25, 0.3) is 5.91 Å². The van der Waals surface area contributed by atoms with Crippen LogP contribution in [0.25, 0.3) is 0 Å². The minimum absolute atomic E-state index is 0.119. The Morgan fingerprint density at radius 1 is 1.20 bits per heavy atom. The third-order valence-electron chi connectivity index (χ3n) is 2.56. The zero-order chi connectivity index (χ0) is 14.5. The number of aromatic nitrogens is 2. The smallest absolute Gasteiger partial charge is 0.271 e. The summed E-state index contributed by atoms with van der Waals surface area (Å²) in [5.74, 6) is -1.70. The van der Waals surface area contributed by atoms with Crippen LogP contribution in [0.2, 0.25) is 5.15 Å². The van der Waals surface area contributed by atoms with Crippen molar-refractivity contribution < 1.29 is 13.6 Å². The fraction of sp³-hybridized carbons (Fsp3) is 0.154. The van der Waals surface area contributed by atoms with E-state index in [9.17, 15) is 13.6 Å². The molecule has 0 saturated heterocycles. The van der Waals surface area contributed by atoms with Crippen LogP contribution in [0.15, 0.2) is 30.3 Å². The molecule has 4 nitrogen and oxygen atoms in total. The lowest BCUT2D eigenvalue weighted by molar-refractivity contribution is 0.0948. The lowest BCUT2D eigenvalue weighted by atomic mass is 10.1. The van der Waals surface area contributed by atoms with E-state index in [-0.39, 0.29) is 23.8 Å². The predicted molar refractivity (Wildman–Crippen MR) is 69.4 cm³/mol. The van der Waals surface area contributed by atoms with Gasteiger partial charge in [0, 0.05) is 12.6 Å². The van der Waals surface area contributed by atoms with E-state index in [0.717, 1.165) is 6.07 Å². The summed E-state index contributed by atoms with van der Waals surface area (Å²) >= 11 is 5.55. The molecule has 0 spiro atoms. The second kappa shape index (κ2) is 6.38. The van der Waals surface area contributed by atoms with Crippen molar-refractivity contribution in [3.05, 3.63) is 58.4 Å². The number of benzene rings is 1. The van der Waals surface area contributed by atoms with Crippen LogP contribution in [-0.4, -0.2) is 22.6 Å². The Bertz CT molecular complexity index is 620. The highest BCUT2D eigenvalue weighted by molar-refractivity contribution is 6.29. The fourth-order valence-corrected chi connectivity index (χ4v) is 1.66. The zero-order valence-corrected chi connectivity index (χ0v) is 11.0. The minimum Gasteiger partial charge on any atom is -0.350 e. The van der Waals surface area contributed by atoms with Gasteiger partial charge in [-0.1, -0.05) is 17.7 Å². The van der Waals surface area contributed by atoms with Crippen LogP contribution >= 0.6 is 11.6 Å². The Labute approximate surface area is 118 Å². The van der Waals surface area contributed by atoms with E-state index in [0.29, 0.717) is 5.56 Å². The molecule has 0 aliphatic rings. The molecule has 0 atom stereocenters. The van der Waals surface area contributed by atoms with Crippen LogP contribution in [0, 0.1) is 11.6 Å². The monoisotopic (exact) mass is 297 g/mol. The topological polar surface area (TPSA) is 54.9 Å². The molecule has 0 bridgehead atoms. The molecular weight excluding hydrogens is 288 g/mol. The molecule has 1 N–H and O–H groups in total. The summed E-state index contributed by atoms with van der Waals surface area (Å²) in [6.07, 6.45) is 0.249. The maximum atomic E-state index is 13.4. The van der Waals surface area contributed by atoms with E-state index in [1.54, 1.807) is 0 Å². The SMILES string of the molecule is O=C(NCCc1ccc(F)cc1F)c1ccc(Cl)nn1. The second-order valence-electron chi connectivity index (χ2n) is 3.98. The summed E-state index contributed by atoms with van der Waals surface area (Å²) in [7, 11) is 0. The molecule has 1 aromatic heterocycles. The summed E-state index contributed by atoms with van der Waals surface area (Å²) in [6, 6.07) is 6.21. The van der Waals surface area contributed by atoms with Gasteiger partial charge in [-0.2, -0.15) is 0 Å². The van der Waals surface area contributed by atoms with Crippen molar-refractivity contribution in [1.82, 2.24) is 15.5 Å². The van der Waals surface area contributed by atoms with Crippen molar-refractivity contribution in [2.24, 2.45) is 0 Å². The minimum atomic E-state index is -0.634. The van der Waals surface area contributed by atoms with Crippen LogP contribution in [0.5, 0.6) is 0 Å². The number of hydrogen-bond acceptors (Lipinski definition) is 3. The van der Waals surface area contributed by atoms with E-state index in [1.165, 1.54) is 24.3 Å². The molecule has 0 radical (unpaired) electrons. The number of hydrogen-bond donors (Lipinski definition) is 1. The first kappa shape index (κ1) is 14.3. The molecule has 0 aliphatic carbocycles. The molecule has 1 aromatic carbocycles. The molecule has 1 heterocycles. The molecular formula is C13H10ClF2N3O. The maximum absolute atomic E-state index is 13.4. The number of carbonyl (C=O) groups excluding carboxylic acids is 1. The number of carbonyl (C=O) groups is 1. The van der Waals surface area contributed by atoms with E-state index >= 15 is 0 Å².